The molecular weight excluding hydrogens is 438 g/mol. The molecule has 1 aromatic heterocycles. The summed E-state index contributed by atoms with van der Waals surface area (Å²) in [6.07, 6.45) is 1.15. The van der Waals surface area contributed by atoms with E-state index in [1.807, 2.05) is 30.3 Å². The van der Waals surface area contributed by atoms with E-state index in [1.165, 1.54) is 12.1 Å². The first-order valence-corrected chi connectivity index (χ1v) is 10.2. The van der Waals surface area contributed by atoms with Crippen LogP contribution in [0.3, 0.4) is 0 Å². The summed E-state index contributed by atoms with van der Waals surface area (Å²) in [4.78, 5) is 33.5. The van der Waals surface area contributed by atoms with Crippen molar-refractivity contribution in [1.82, 2.24) is 9.66 Å². The van der Waals surface area contributed by atoms with Crippen molar-refractivity contribution in [3.05, 3.63) is 110 Å². The standard InChI is InChI=1S/C24H19N5O5/c1-16(17-7-3-2-4-8-17)27-34-15-23-26-21-10-6-5-9-20(21)24(31)28(23)25-14-18-13-19(29(32)33)11-12-22(18)30/h2-14,30H,15H2,1H3/b25-14+,27-16?. The maximum absolute atomic E-state index is 13.1. The van der Waals surface area contributed by atoms with Gasteiger partial charge in [-0.2, -0.15) is 9.78 Å². The van der Waals surface area contributed by atoms with Gasteiger partial charge >= 0.3 is 0 Å². The highest BCUT2D eigenvalue weighted by atomic mass is 16.6. The molecule has 10 heteroatoms. The third kappa shape index (κ3) is 4.80. The van der Waals surface area contributed by atoms with Gasteiger partial charge in [-0.3, -0.25) is 14.9 Å². The van der Waals surface area contributed by atoms with Crippen molar-refractivity contribution in [2.24, 2.45) is 10.3 Å². The van der Waals surface area contributed by atoms with Gasteiger partial charge in [0.2, 0.25) is 0 Å². The highest BCUT2D eigenvalue weighted by Crippen LogP contribution is 2.21. The number of non-ortho nitro benzene ring substituents is 1. The molecule has 0 aliphatic heterocycles. The van der Waals surface area contributed by atoms with Crippen molar-refractivity contribution in [3.8, 4) is 5.75 Å². The van der Waals surface area contributed by atoms with Gasteiger partial charge < -0.3 is 9.94 Å². The molecule has 3 aromatic carbocycles. The average molecular weight is 457 g/mol. The fourth-order valence-electron chi connectivity index (χ4n) is 3.18. The van der Waals surface area contributed by atoms with Crippen molar-refractivity contribution in [1.29, 1.82) is 0 Å². The first-order valence-electron chi connectivity index (χ1n) is 10.2. The quantitative estimate of drug-likeness (QED) is 0.255. The number of fused-ring (bicyclic) bond motifs is 1. The van der Waals surface area contributed by atoms with Gasteiger partial charge in [-0.1, -0.05) is 47.6 Å². The number of para-hydroxylation sites is 1. The molecule has 0 atom stereocenters. The average Bonchev–Trinajstić information content (AvgIpc) is 2.85. The minimum atomic E-state index is -0.590. The van der Waals surface area contributed by atoms with E-state index in [4.69, 9.17) is 4.84 Å². The number of aromatic nitrogens is 2. The van der Waals surface area contributed by atoms with Crippen LogP contribution in [-0.4, -0.2) is 31.6 Å². The summed E-state index contributed by atoms with van der Waals surface area (Å²) in [6, 6.07) is 19.7. The molecule has 1 heterocycles. The molecule has 34 heavy (non-hydrogen) atoms. The van der Waals surface area contributed by atoms with Crippen molar-refractivity contribution >= 4 is 28.5 Å². The lowest BCUT2D eigenvalue weighted by Gasteiger charge is -2.09. The molecule has 0 unspecified atom stereocenters. The summed E-state index contributed by atoms with van der Waals surface area (Å²) in [5.41, 5.74) is 1.36. The molecule has 1 N–H and O–H groups in total. The van der Waals surface area contributed by atoms with E-state index in [0.717, 1.165) is 22.5 Å². The molecule has 4 rings (SSSR count). The Morgan fingerprint density at radius 2 is 1.88 bits per heavy atom. The second-order valence-corrected chi connectivity index (χ2v) is 7.22. The summed E-state index contributed by atoms with van der Waals surface area (Å²) < 4.78 is 1.02. The molecule has 0 aliphatic carbocycles. The molecule has 0 aliphatic rings. The lowest BCUT2D eigenvalue weighted by molar-refractivity contribution is -0.384. The Hall–Kier alpha value is -4.86. The van der Waals surface area contributed by atoms with Crippen molar-refractivity contribution in [2.45, 2.75) is 13.5 Å². The first kappa shape index (κ1) is 22.3. The SMILES string of the molecule is CC(=NOCc1nc2ccccc2c(=O)n1/N=C/c1cc([N+](=O)[O-])ccc1O)c1ccccc1. The summed E-state index contributed by atoms with van der Waals surface area (Å²) in [5.74, 6) is -0.0634. The van der Waals surface area contributed by atoms with E-state index in [2.05, 4.69) is 15.2 Å². The largest absolute Gasteiger partial charge is 0.507 e. The van der Waals surface area contributed by atoms with Crippen molar-refractivity contribution < 1.29 is 14.9 Å². The molecular formula is C24H19N5O5. The number of nitro benzene ring substituents is 1. The third-order valence-corrected chi connectivity index (χ3v) is 4.94. The van der Waals surface area contributed by atoms with Crippen LogP contribution in [0.5, 0.6) is 5.75 Å². The summed E-state index contributed by atoms with van der Waals surface area (Å²) in [7, 11) is 0. The Morgan fingerprint density at radius 3 is 2.65 bits per heavy atom. The zero-order valence-electron chi connectivity index (χ0n) is 18.0. The Bertz CT molecular complexity index is 1480. The number of oxime groups is 1. The second-order valence-electron chi connectivity index (χ2n) is 7.22. The zero-order chi connectivity index (χ0) is 24.1. The van der Waals surface area contributed by atoms with Gasteiger partial charge in [0.15, 0.2) is 12.4 Å². The first-order chi connectivity index (χ1) is 16.4. The van der Waals surface area contributed by atoms with Gasteiger partial charge in [-0.15, -0.1) is 0 Å². The second kappa shape index (κ2) is 9.74. The van der Waals surface area contributed by atoms with Crippen LogP contribution < -0.4 is 5.56 Å². The zero-order valence-corrected chi connectivity index (χ0v) is 18.0. The van der Waals surface area contributed by atoms with Crippen molar-refractivity contribution in [3.63, 3.8) is 0 Å². The molecule has 0 radical (unpaired) electrons. The number of aromatic hydroxyl groups is 1. The number of benzene rings is 3. The Labute approximate surface area is 193 Å². The molecule has 0 amide bonds. The molecule has 0 saturated heterocycles. The van der Waals surface area contributed by atoms with Gasteiger partial charge in [0, 0.05) is 17.7 Å². The smallest absolute Gasteiger partial charge is 0.282 e. The van der Waals surface area contributed by atoms with E-state index < -0.39 is 10.5 Å². The van der Waals surface area contributed by atoms with Crippen LogP contribution in [0.15, 0.2) is 87.8 Å². The molecule has 0 fully saturated rings. The predicted molar refractivity (Wildman–Crippen MR) is 127 cm³/mol. The van der Waals surface area contributed by atoms with Gasteiger partial charge in [0.05, 0.1) is 27.8 Å². The fourth-order valence-corrected chi connectivity index (χ4v) is 3.18. The van der Waals surface area contributed by atoms with Gasteiger partial charge in [0.25, 0.3) is 11.2 Å². The van der Waals surface area contributed by atoms with E-state index in [-0.39, 0.29) is 29.4 Å². The van der Waals surface area contributed by atoms with Gasteiger partial charge in [-0.05, 0) is 30.7 Å². The number of hydrogen-bond donors (Lipinski definition) is 1. The lowest BCUT2D eigenvalue weighted by atomic mass is 10.1. The molecule has 170 valence electrons. The molecule has 0 bridgehead atoms. The molecule has 4 aromatic rings. The van der Waals surface area contributed by atoms with Crippen LogP contribution in [-0.2, 0) is 11.4 Å². The van der Waals surface area contributed by atoms with E-state index in [9.17, 15) is 20.0 Å². The Kier molecular flexibility index (Phi) is 6.40. The summed E-state index contributed by atoms with van der Waals surface area (Å²) in [6.45, 7) is 1.63. The number of rotatable bonds is 7. The number of phenolic OH excluding ortho intramolecular Hbond substituents is 1. The number of phenols is 1. The van der Waals surface area contributed by atoms with Crippen molar-refractivity contribution in [2.75, 3.05) is 0 Å². The normalized spacial score (nSPS) is 11.7. The van der Waals surface area contributed by atoms with E-state index in [1.54, 1.807) is 31.2 Å². The third-order valence-electron chi connectivity index (χ3n) is 4.94. The Morgan fingerprint density at radius 1 is 1.15 bits per heavy atom. The number of nitrogens with zero attached hydrogens (tertiary/aromatic N) is 5. The molecule has 10 nitrogen and oxygen atoms in total. The highest BCUT2D eigenvalue weighted by molar-refractivity contribution is 5.98. The van der Waals surface area contributed by atoms with Crippen LogP contribution in [0.4, 0.5) is 5.69 Å². The van der Waals surface area contributed by atoms with Gasteiger partial charge in [0.1, 0.15) is 5.75 Å². The Balaban J connectivity index is 1.71. The van der Waals surface area contributed by atoms with E-state index >= 15 is 0 Å². The van der Waals surface area contributed by atoms with Crippen LogP contribution >= 0.6 is 0 Å². The molecule has 0 saturated carbocycles. The van der Waals surface area contributed by atoms with Crippen LogP contribution in [0.2, 0.25) is 0 Å². The molecule has 0 spiro atoms. The topological polar surface area (TPSA) is 132 Å². The van der Waals surface area contributed by atoms with Crippen LogP contribution in [0.25, 0.3) is 10.9 Å². The van der Waals surface area contributed by atoms with Crippen LogP contribution in [0.1, 0.15) is 23.9 Å². The van der Waals surface area contributed by atoms with Crippen LogP contribution in [0, 0.1) is 10.1 Å². The summed E-state index contributed by atoms with van der Waals surface area (Å²) >= 11 is 0. The monoisotopic (exact) mass is 457 g/mol. The van der Waals surface area contributed by atoms with E-state index in [0.29, 0.717) is 16.6 Å². The lowest BCUT2D eigenvalue weighted by Crippen LogP contribution is -2.22. The number of nitro groups is 1. The predicted octanol–water partition coefficient (Wildman–Crippen LogP) is 3.83. The van der Waals surface area contributed by atoms with Gasteiger partial charge in [-0.25, -0.2) is 4.98 Å². The number of hydrogen-bond acceptors (Lipinski definition) is 8. The minimum Gasteiger partial charge on any atom is -0.507 e. The summed E-state index contributed by atoms with van der Waals surface area (Å²) in [5, 5.41) is 29.7. The fraction of sp³-hybridized carbons (Fsp3) is 0.0833. The highest BCUT2D eigenvalue weighted by Gasteiger charge is 2.13. The maximum Gasteiger partial charge on any atom is 0.282 e. The minimum absolute atomic E-state index is 0.0686. The maximum atomic E-state index is 13.1.